The van der Waals surface area contributed by atoms with Gasteiger partial charge in [-0.15, -0.1) is 0 Å². The Labute approximate surface area is 97.8 Å². The van der Waals surface area contributed by atoms with Crippen LogP contribution in [-0.4, -0.2) is 31.2 Å². The van der Waals surface area contributed by atoms with Crippen LogP contribution in [0, 0.1) is 0 Å². The summed E-state index contributed by atoms with van der Waals surface area (Å²) in [6.07, 6.45) is 3.27. The van der Waals surface area contributed by atoms with Gasteiger partial charge in [-0.1, -0.05) is 12.8 Å². The molecule has 1 rings (SSSR count). The Hall–Kier alpha value is -0.170. The second kappa shape index (κ2) is 4.60. The topological polar surface area (TPSA) is 78.4 Å². The predicted octanol–water partition coefficient (Wildman–Crippen LogP) is 0.514. The summed E-state index contributed by atoms with van der Waals surface area (Å²) in [6, 6.07) is 0. The summed E-state index contributed by atoms with van der Waals surface area (Å²) in [5.41, 5.74) is -1.36. The predicted molar refractivity (Wildman–Crippen MR) is 63.2 cm³/mol. The number of hydrogen-bond acceptors (Lipinski definition) is 3. The summed E-state index contributed by atoms with van der Waals surface area (Å²) >= 11 is 0. The largest absolute Gasteiger partial charge is 0.389 e. The van der Waals surface area contributed by atoms with Crippen LogP contribution in [-0.2, 0) is 10.2 Å². The molecule has 6 heteroatoms. The molecule has 0 aromatic carbocycles. The zero-order chi connectivity index (χ0) is 12.4. The first-order chi connectivity index (χ1) is 7.12. The van der Waals surface area contributed by atoms with Gasteiger partial charge < -0.3 is 5.11 Å². The van der Waals surface area contributed by atoms with Crippen LogP contribution in [0.3, 0.4) is 0 Å². The van der Waals surface area contributed by atoms with Crippen LogP contribution in [0.1, 0.15) is 46.5 Å². The third-order valence-electron chi connectivity index (χ3n) is 2.57. The van der Waals surface area contributed by atoms with Gasteiger partial charge in [-0.3, -0.25) is 0 Å². The van der Waals surface area contributed by atoms with E-state index in [2.05, 4.69) is 9.44 Å². The van der Waals surface area contributed by atoms with E-state index >= 15 is 0 Å². The Morgan fingerprint density at radius 2 is 1.75 bits per heavy atom. The Morgan fingerprint density at radius 1 is 1.25 bits per heavy atom. The van der Waals surface area contributed by atoms with Crippen LogP contribution in [0.15, 0.2) is 0 Å². The van der Waals surface area contributed by atoms with E-state index in [0.29, 0.717) is 12.8 Å². The van der Waals surface area contributed by atoms with E-state index in [1.54, 1.807) is 20.8 Å². The van der Waals surface area contributed by atoms with E-state index in [1.807, 2.05) is 0 Å². The monoisotopic (exact) mass is 250 g/mol. The van der Waals surface area contributed by atoms with Crippen LogP contribution >= 0.6 is 0 Å². The minimum atomic E-state index is -3.52. The van der Waals surface area contributed by atoms with E-state index in [9.17, 15) is 13.5 Å². The normalized spacial score (nSPS) is 21.2. The first-order valence-corrected chi connectivity index (χ1v) is 7.11. The van der Waals surface area contributed by atoms with Crippen molar-refractivity contribution in [2.24, 2.45) is 0 Å². The molecule has 1 fully saturated rings. The lowest BCUT2D eigenvalue weighted by molar-refractivity contribution is 0.0530. The molecule has 16 heavy (non-hydrogen) atoms. The molecule has 0 aromatic rings. The van der Waals surface area contributed by atoms with E-state index < -0.39 is 21.3 Å². The van der Waals surface area contributed by atoms with Gasteiger partial charge >= 0.3 is 0 Å². The number of aliphatic hydroxyl groups is 1. The Balaban J connectivity index is 2.48. The van der Waals surface area contributed by atoms with Crippen LogP contribution in [0.5, 0.6) is 0 Å². The van der Waals surface area contributed by atoms with Gasteiger partial charge in [0.1, 0.15) is 0 Å². The third kappa shape index (κ3) is 4.78. The maximum absolute atomic E-state index is 11.6. The maximum Gasteiger partial charge on any atom is 0.277 e. The summed E-state index contributed by atoms with van der Waals surface area (Å²) < 4.78 is 28.1. The van der Waals surface area contributed by atoms with Crippen molar-refractivity contribution in [2.45, 2.75) is 57.6 Å². The summed E-state index contributed by atoms with van der Waals surface area (Å²) in [7, 11) is -3.52. The lowest BCUT2D eigenvalue weighted by Gasteiger charge is -2.25. The van der Waals surface area contributed by atoms with Crippen molar-refractivity contribution in [3.8, 4) is 0 Å². The van der Waals surface area contributed by atoms with E-state index in [1.165, 1.54) is 0 Å². The maximum atomic E-state index is 11.6. The lowest BCUT2D eigenvalue weighted by Crippen LogP contribution is -2.50. The molecule has 0 bridgehead atoms. The number of rotatable bonds is 4. The average molecular weight is 250 g/mol. The van der Waals surface area contributed by atoms with Crippen LogP contribution in [0.4, 0.5) is 0 Å². The molecule has 0 saturated heterocycles. The van der Waals surface area contributed by atoms with Crippen LogP contribution in [0.25, 0.3) is 0 Å². The highest BCUT2D eigenvalue weighted by Crippen LogP contribution is 2.28. The van der Waals surface area contributed by atoms with Crippen molar-refractivity contribution in [1.29, 1.82) is 0 Å². The smallest absolute Gasteiger partial charge is 0.277 e. The van der Waals surface area contributed by atoms with E-state index in [4.69, 9.17) is 0 Å². The van der Waals surface area contributed by atoms with Crippen molar-refractivity contribution in [1.82, 2.24) is 9.44 Å². The van der Waals surface area contributed by atoms with Gasteiger partial charge in [-0.05, 0) is 33.6 Å². The molecule has 1 aliphatic rings. The number of hydrogen-bond donors (Lipinski definition) is 3. The molecule has 0 radical (unpaired) electrons. The van der Waals surface area contributed by atoms with Crippen molar-refractivity contribution in [2.75, 3.05) is 6.54 Å². The lowest BCUT2D eigenvalue weighted by atomic mass is 10.0. The Kier molecular flexibility index (Phi) is 3.99. The van der Waals surface area contributed by atoms with Gasteiger partial charge in [-0.25, -0.2) is 0 Å². The summed E-state index contributed by atoms with van der Waals surface area (Å²) in [5.74, 6) is 0. The van der Waals surface area contributed by atoms with E-state index in [-0.39, 0.29) is 6.54 Å². The fraction of sp³-hybridized carbons (Fsp3) is 1.00. The molecule has 0 atom stereocenters. The van der Waals surface area contributed by atoms with Crippen molar-refractivity contribution in [3.63, 3.8) is 0 Å². The second-order valence-corrected chi connectivity index (χ2v) is 7.11. The average Bonchev–Trinajstić information content (AvgIpc) is 2.46. The zero-order valence-electron chi connectivity index (χ0n) is 10.2. The van der Waals surface area contributed by atoms with E-state index in [0.717, 1.165) is 12.8 Å². The van der Waals surface area contributed by atoms with Crippen LogP contribution < -0.4 is 9.44 Å². The van der Waals surface area contributed by atoms with Gasteiger partial charge in [-0.2, -0.15) is 17.9 Å². The molecule has 0 heterocycles. The Morgan fingerprint density at radius 3 is 2.19 bits per heavy atom. The molecule has 96 valence electrons. The third-order valence-corrected chi connectivity index (χ3v) is 3.97. The van der Waals surface area contributed by atoms with Crippen molar-refractivity contribution in [3.05, 3.63) is 0 Å². The van der Waals surface area contributed by atoms with Gasteiger partial charge in [0.2, 0.25) is 0 Å². The highest BCUT2D eigenvalue weighted by atomic mass is 32.2. The minimum Gasteiger partial charge on any atom is -0.389 e. The molecule has 0 aliphatic heterocycles. The molecule has 3 N–H and O–H groups in total. The Bertz CT molecular complexity index is 326. The quantitative estimate of drug-likeness (QED) is 0.680. The molecule has 5 nitrogen and oxygen atoms in total. The highest BCUT2D eigenvalue weighted by molar-refractivity contribution is 7.87. The molecule has 1 aliphatic carbocycles. The van der Waals surface area contributed by atoms with Crippen molar-refractivity contribution >= 4 is 10.2 Å². The standard InChI is InChI=1S/C10H22N2O3S/c1-9(2,3)12-16(14,15)11-8-10(13)6-4-5-7-10/h11-13H,4-8H2,1-3H3. The number of nitrogens with one attached hydrogen (secondary N) is 2. The zero-order valence-corrected chi connectivity index (χ0v) is 11.0. The van der Waals surface area contributed by atoms with Gasteiger partial charge in [0, 0.05) is 12.1 Å². The molecule has 0 unspecified atom stereocenters. The van der Waals surface area contributed by atoms with Gasteiger partial charge in [0.25, 0.3) is 10.2 Å². The summed E-state index contributed by atoms with van der Waals surface area (Å²) in [5, 5.41) is 10.00. The first-order valence-electron chi connectivity index (χ1n) is 5.63. The summed E-state index contributed by atoms with van der Waals surface area (Å²) in [4.78, 5) is 0. The second-order valence-electron chi connectivity index (χ2n) is 5.61. The first kappa shape index (κ1) is 13.9. The molecule has 0 amide bonds. The fourth-order valence-corrected chi connectivity index (χ4v) is 3.22. The van der Waals surface area contributed by atoms with Gasteiger partial charge in [0.15, 0.2) is 0 Å². The van der Waals surface area contributed by atoms with Crippen molar-refractivity contribution < 1.29 is 13.5 Å². The molecular weight excluding hydrogens is 228 g/mol. The fourth-order valence-electron chi connectivity index (χ4n) is 1.88. The molecular formula is C10H22N2O3S. The van der Waals surface area contributed by atoms with Crippen LogP contribution in [0.2, 0.25) is 0 Å². The molecule has 0 aromatic heterocycles. The molecule has 0 spiro atoms. The summed E-state index contributed by atoms with van der Waals surface area (Å²) in [6.45, 7) is 5.42. The van der Waals surface area contributed by atoms with Gasteiger partial charge in [0.05, 0.1) is 5.60 Å². The SMILES string of the molecule is CC(C)(C)NS(=O)(=O)NCC1(O)CCCC1. The molecule has 1 saturated carbocycles. The highest BCUT2D eigenvalue weighted by Gasteiger charge is 2.32. The minimum absolute atomic E-state index is 0.0956.